The van der Waals surface area contributed by atoms with Crippen molar-refractivity contribution in [3.05, 3.63) is 59.9 Å². The summed E-state index contributed by atoms with van der Waals surface area (Å²) >= 11 is 0. The quantitative estimate of drug-likeness (QED) is 0.765. The number of carboxylic acid groups (broad SMARTS) is 1. The zero-order valence-electron chi connectivity index (χ0n) is 11.8. The van der Waals surface area contributed by atoms with E-state index in [1.807, 2.05) is 30.3 Å². The van der Waals surface area contributed by atoms with Gasteiger partial charge in [0.2, 0.25) is 0 Å². The average Bonchev–Trinajstić information content (AvgIpc) is 2.97. The van der Waals surface area contributed by atoms with Crippen molar-refractivity contribution in [2.75, 3.05) is 5.73 Å². The summed E-state index contributed by atoms with van der Waals surface area (Å²) in [5.74, 6) is -0.958. The third-order valence-electron chi connectivity index (χ3n) is 3.30. The highest BCUT2D eigenvalue weighted by Gasteiger charge is 2.15. The van der Waals surface area contributed by atoms with Crippen molar-refractivity contribution in [1.29, 1.82) is 5.26 Å². The number of pyridine rings is 1. The lowest BCUT2D eigenvalue weighted by molar-refractivity contribution is 0.0698. The highest BCUT2D eigenvalue weighted by Crippen LogP contribution is 2.24. The van der Waals surface area contributed by atoms with Gasteiger partial charge in [0.15, 0.2) is 11.6 Å². The second kappa shape index (κ2) is 5.61. The third kappa shape index (κ3) is 2.61. The molecule has 23 heavy (non-hydrogen) atoms. The number of nitrogen functional groups attached to an aromatic ring is 1. The van der Waals surface area contributed by atoms with E-state index >= 15 is 0 Å². The molecule has 0 unspecified atom stereocenters. The summed E-state index contributed by atoms with van der Waals surface area (Å²) in [5, 5.41) is 22.3. The van der Waals surface area contributed by atoms with Crippen LogP contribution in [0.3, 0.4) is 0 Å². The van der Waals surface area contributed by atoms with Crippen molar-refractivity contribution in [3.8, 4) is 23.0 Å². The van der Waals surface area contributed by atoms with Gasteiger partial charge in [0.25, 0.3) is 0 Å². The molecule has 3 N–H and O–H groups in total. The van der Waals surface area contributed by atoms with Crippen LogP contribution in [0.15, 0.2) is 48.8 Å². The number of aromatic carboxylic acids is 1. The maximum Gasteiger partial charge on any atom is 0.341 e. The topological polar surface area (TPSA) is 118 Å². The van der Waals surface area contributed by atoms with Crippen molar-refractivity contribution in [3.63, 3.8) is 0 Å². The van der Waals surface area contributed by atoms with Crippen LogP contribution in [0.1, 0.15) is 15.9 Å². The predicted molar refractivity (Wildman–Crippen MR) is 82.9 cm³/mol. The van der Waals surface area contributed by atoms with E-state index in [1.54, 1.807) is 12.3 Å². The van der Waals surface area contributed by atoms with Gasteiger partial charge in [-0.2, -0.15) is 5.26 Å². The molecule has 0 aliphatic carbocycles. The van der Waals surface area contributed by atoms with Crippen molar-refractivity contribution >= 4 is 11.8 Å². The van der Waals surface area contributed by atoms with Crippen LogP contribution in [-0.4, -0.2) is 25.8 Å². The summed E-state index contributed by atoms with van der Waals surface area (Å²) < 4.78 is 1.24. The van der Waals surface area contributed by atoms with Gasteiger partial charge in [0, 0.05) is 24.0 Å². The molecule has 0 aliphatic heterocycles. The summed E-state index contributed by atoms with van der Waals surface area (Å²) in [7, 11) is 0. The van der Waals surface area contributed by atoms with Crippen LogP contribution in [0.25, 0.3) is 16.9 Å². The van der Waals surface area contributed by atoms with E-state index < -0.39 is 5.97 Å². The number of nitrogens with two attached hydrogens (primary N) is 1. The SMILES string of the molecule is N#Cc1cc(-n2cc(C(=O)O)c(N)n2)ncc1-c1ccccc1. The molecule has 3 aromatic rings. The van der Waals surface area contributed by atoms with Crippen LogP contribution in [-0.2, 0) is 0 Å². The number of nitriles is 1. The minimum atomic E-state index is -1.17. The van der Waals surface area contributed by atoms with Crippen molar-refractivity contribution in [1.82, 2.24) is 14.8 Å². The maximum atomic E-state index is 11.0. The monoisotopic (exact) mass is 305 g/mol. The Morgan fingerprint density at radius 1 is 1.30 bits per heavy atom. The number of hydrogen-bond donors (Lipinski definition) is 2. The summed E-state index contributed by atoms with van der Waals surface area (Å²) in [6.45, 7) is 0. The van der Waals surface area contributed by atoms with Gasteiger partial charge >= 0.3 is 5.97 Å². The molecule has 7 nitrogen and oxygen atoms in total. The molecule has 0 aliphatic rings. The van der Waals surface area contributed by atoms with Crippen LogP contribution < -0.4 is 5.73 Å². The summed E-state index contributed by atoms with van der Waals surface area (Å²) in [5.41, 5.74) is 7.42. The van der Waals surface area contributed by atoms with Gasteiger partial charge in [-0.3, -0.25) is 0 Å². The Morgan fingerprint density at radius 3 is 2.65 bits per heavy atom. The summed E-state index contributed by atoms with van der Waals surface area (Å²) in [6.07, 6.45) is 2.82. The minimum absolute atomic E-state index is 0.107. The van der Waals surface area contributed by atoms with Gasteiger partial charge in [-0.15, -0.1) is 5.10 Å². The number of hydrogen-bond acceptors (Lipinski definition) is 5. The van der Waals surface area contributed by atoms with E-state index in [-0.39, 0.29) is 11.4 Å². The van der Waals surface area contributed by atoms with E-state index in [0.717, 1.165) is 5.56 Å². The van der Waals surface area contributed by atoms with Crippen molar-refractivity contribution in [2.24, 2.45) is 0 Å². The average molecular weight is 305 g/mol. The third-order valence-corrected chi connectivity index (χ3v) is 3.30. The van der Waals surface area contributed by atoms with E-state index in [2.05, 4.69) is 16.2 Å². The van der Waals surface area contributed by atoms with E-state index in [1.165, 1.54) is 10.9 Å². The number of rotatable bonds is 3. The maximum absolute atomic E-state index is 11.0. The molecule has 3 rings (SSSR count). The number of carboxylic acids is 1. The molecule has 112 valence electrons. The molecule has 0 atom stereocenters. The fourth-order valence-corrected chi connectivity index (χ4v) is 2.18. The number of carbonyl (C=O) groups is 1. The van der Waals surface area contributed by atoms with Gasteiger partial charge in [0.05, 0.1) is 11.6 Å². The zero-order chi connectivity index (χ0) is 16.4. The largest absolute Gasteiger partial charge is 0.477 e. The number of nitrogens with zero attached hydrogens (tertiary/aromatic N) is 4. The number of benzene rings is 1. The van der Waals surface area contributed by atoms with Crippen LogP contribution >= 0.6 is 0 Å². The first-order valence-corrected chi connectivity index (χ1v) is 6.64. The molecule has 0 saturated heterocycles. The highest BCUT2D eigenvalue weighted by atomic mass is 16.4. The second-order valence-corrected chi connectivity index (χ2v) is 4.74. The standard InChI is InChI=1S/C16H11N5O2/c17-7-11-6-14(21-9-13(16(22)23)15(18)20-21)19-8-12(11)10-4-2-1-3-5-10/h1-6,8-9H,(H2,18,20)(H,22,23). The molecule has 0 radical (unpaired) electrons. The number of aromatic nitrogens is 3. The molecular formula is C16H11N5O2. The van der Waals surface area contributed by atoms with Gasteiger partial charge in [-0.05, 0) is 5.56 Å². The minimum Gasteiger partial charge on any atom is -0.477 e. The van der Waals surface area contributed by atoms with Crippen molar-refractivity contribution in [2.45, 2.75) is 0 Å². The fourth-order valence-electron chi connectivity index (χ4n) is 2.18. The van der Waals surface area contributed by atoms with Crippen LogP contribution in [0.4, 0.5) is 5.82 Å². The van der Waals surface area contributed by atoms with E-state index in [0.29, 0.717) is 16.9 Å². The first-order valence-electron chi connectivity index (χ1n) is 6.64. The Hall–Kier alpha value is -3.66. The first kappa shape index (κ1) is 14.3. The molecule has 0 spiro atoms. The van der Waals surface area contributed by atoms with Crippen LogP contribution in [0.5, 0.6) is 0 Å². The molecule has 7 heteroatoms. The zero-order valence-corrected chi connectivity index (χ0v) is 11.8. The smallest absolute Gasteiger partial charge is 0.341 e. The molecule has 0 bridgehead atoms. The summed E-state index contributed by atoms with van der Waals surface area (Å²) in [4.78, 5) is 15.3. The molecule has 0 saturated carbocycles. The van der Waals surface area contributed by atoms with E-state index in [9.17, 15) is 10.1 Å². The summed E-state index contributed by atoms with van der Waals surface area (Å²) in [6, 6.07) is 13.1. The molecule has 0 fully saturated rings. The first-order chi connectivity index (χ1) is 11.1. The molecule has 0 amide bonds. The fraction of sp³-hybridized carbons (Fsp3) is 0. The highest BCUT2D eigenvalue weighted by molar-refractivity contribution is 5.92. The van der Waals surface area contributed by atoms with Gasteiger partial charge in [0.1, 0.15) is 5.56 Å². The van der Waals surface area contributed by atoms with Gasteiger partial charge in [-0.25, -0.2) is 14.5 Å². The lowest BCUT2D eigenvalue weighted by Gasteiger charge is -2.06. The molecule has 2 aromatic heterocycles. The van der Waals surface area contributed by atoms with Crippen LogP contribution in [0.2, 0.25) is 0 Å². The van der Waals surface area contributed by atoms with Gasteiger partial charge < -0.3 is 10.8 Å². The normalized spacial score (nSPS) is 10.2. The van der Waals surface area contributed by atoms with E-state index in [4.69, 9.17) is 10.8 Å². The lowest BCUT2D eigenvalue weighted by Crippen LogP contribution is -2.00. The Morgan fingerprint density at radius 2 is 2.04 bits per heavy atom. The number of anilines is 1. The Bertz CT molecular complexity index is 925. The Labute approximate surface area is 131 Å². The van der Waals surface area contributed by atoms with Gasteiger partial charge in [-0.1, -0.05) is 30.3 Å². The Balaban J connectivity index is 2.08. The second-order valence-electron chi connectivity index (χ2n) is 4.74. The Kier molecular flexibility index (Phi) is 3.49. The predicted octanol–water partition coefficient (Wildman–Crippen LogP) is 2.09. The molecular weight excluding hydrogens is 294 g/mol. The molecule has 1 aromatic carbocycles. The lowest BCUT2D eigenvalue weighted by atomic mass is 10.0. The molecule has 2 heterocycles. The van der Waals surface area contributed by atoms with Crippen LogP contribution in [0, 0.1) is 11.3 Å². The van der Waals surface area contributed by atoms with Crippen molar-refractivity contribution < 1.29 is 9.90 Å².